The van der Waals surface area contributed by atoms with Crippen LogP contribution in [0.3, 0.4) is 0 Å². The van der Waals surface area contributed by atoms with E-state index in [0.717, 1.165) is 12.1 Å². The van der Waals surface area contributed by atoms with Gasteiger partial charge in [-0.15, -0.1) is 0 Å². The number of aryl methyl sites for hydroxylation is 1. The summed E-state index contributed by atoms with van der Waals surface area (Å²) in [6.45, 7) is 2.66. The van der Waals surface area contributed by atoms with E-state index in [1.165, 1.54) is 6.33 Å². The first-order valence-electron chi connectivity index (χ1n) is 6.60. The van der Waals surface area contributed by atoms with Gasteiger partial charge in [-0.3, -0.25) is 19.4 Å². The van der Waals surface area contributed by atoms with Gasteiger partial charge < -0.3 is 5.32 Å². The van der Waals surface area contributed by atoms with Crippen molar-refractivity contribution in [3.63, 3.8) is 0 Å². The van der Waals surface area contributed by atoms with Crippen LogP contribution < -0.4 is 5.32 Å². The molecule has 0 radical (unpaired) electrons. The Labute approximate surface area is 117 Å². The van der Waals surface area contributed by atoms with Crippen molar-refractivity contribution in [1.82, 2.24) is 30.0 Å². The summed E-state index contributed by atoms with van der Waals surface area (Å²) in [6, 6.07) is 0.0468. The molecule has 7 heteroatoms. The quantitative estimate of drug-likeness (QED) is 0.799. The molecule has 0 saturated heterocycles. The molecule has 0 spiro atoms. The minimum atomic E-state index is 0.0431. The molecule has 20 heavy (non-hydrogen) atoms. The number of rotatable bonds is 7. The third-order valence-corrected chi connectivity index (χ3v) is 2.80. The summed E-state index contributed by atoms with van der Waals surface area (Å²) in [7, 11) is 0. The van der Waals surface area contributed by atoms with Crippen LogP contribution in [0.1, 0.15) is 25.5 Å². The summed E-state index contributed by atoms with van der Waals surface area (Å²) in [5.74, 6) is 0.0431. The highest BCUT2D eigenvalue weighted by Gasteiger charge is 2.08. The summed E-state index contributed by atoms with van der Waals surface area (Å²) in [4.78, 5) is 23.8. The molecule has 1 atom stereocenters. The van der Waals surface area contributed by atoms with E-state index in [-0.39, 0.29) is 11.9 Å². The van der Waals surface area contributed by atoms with Crippen molar-refractivity contribution in [1.29, 1.82) is 0 Å². The Morgan fingerprint density at radius 2 is 2.30 bits per heavy atom. The second-order valence-electron chi connectivity index (χ2n) is 4.63. The largest absolute Gasteiger partial charge is 0.353 e. The van der Waals surface area contributed by atoms with Gasteiger partial charge in [0, 0.05) is 44.0 Å². The summed E-state index contributed by atoms with van der Waals surface area (Å²) in [6.07, 6.45) is 10.0. The first-order chi connectivity index (χ1) is 9.74. The van der Waals surface area contributed by atoms with Crippen LogP contribution in [0.15, 0.2) is 31.2 Å². The van der Waals surface area contributed by atoms with Gasteiger partial charge in [0.2, 0.25) is 5.91 Å². The highest BCUT2D eigenvalue weighted by Crippen LogP contribution is 1.99. The Hall–Kier alpha value is -2.31. The third kappa shape index (κ3) is 4.75. The lowest BCUT2D eigenvalue weighted by atomic mass is 10.2. The standard InChI is InChI=1S/C13H18N6O/c1-11(7-12-8-14-4-5-16-12)18-13(20)3-2-6-19-10-15-9-17-19/h4-5,8-11H,2-3,6-7H2,1H3,(H,18,20). The molecule has 2 rings (SSSR count). The molecule has 0 bridgehead atoms. The Bertz CT molecular complexity index is 513. The normalized spacial score (nSPS) is 12.1. The molecule has 1 amide bonds. The fraction of sp³-hybridized carbons (Fsp3) is 0.462. The Morgan fingerprint density at radius 1 is 1.40 bits per heavy atom. The molecule has 0 aromatic carbocycles. The number of amides is 1. The van der Waals surface area contributed by atoms with Crippen LogP contribution in [0, 0.1) is 0 Å². The van der Waals surface area contributed by atoms with Crippen molar-refractivity contribution in [2.75, 3.05) is 0 Å². The number of nitrogens with one attached hydrogen (secondary N) is 1. The first kappa shape index (κ1) is 14.1. The van der Waals surface area contributed by atoms with Gasteiger partial charge >= 0.3 is 0 Å². The second kappa shape index (κ2) is 7.32. The van der Waals surface area contributed by atoms with Crippen molar-refractivity contribution in [3.8, 4) is 0 Å². The molecule has 0 aliphatic heterocycles. The maximum Gasteiger partial charge on any atom is 0.220 e. The average Bonchev–Trinajstić information content (AvgIpc) is 2.93. The summed E-state index contributed by atoms with van der Waals surface area (Å²) < 4.78 is 1.72. The number of carbonyl (C=O) groups excluding carboxylic acids is 1. The molecular weight excluding hydrogens is 256 g/mol. The maximum absolute atomic E-state index is 11.8. The van der Waals surface area contributed by atoms with Crippen LogP contribution in [-0.2, 0) is 17.8 Å². The predicted octanol–water partition coefficient (Wildman–Crippen LogP) is 0.596. The molecule has 106 valence electrons. The molecule has 0 saturated carbocycles. The first-order valence-corrected chi connectivity index (χ1v) is 6.60. The Balaban J connectivity index is 1.66. The molecule has 0 aliphatic carbocycles. The average molecular weight is 274 g/mol. The zero-order valence-corrected chi connectivity index (χ0v) is 11.4. The van der Waals surface area contributed by atoms with E-state index >= 15 is 0 Å². The smallest absolute Gasteiger partial charge is 0.220 e. The van der Waals surface area contributed by atoms with Crippen molar-refractivity contribution < 1.29 is 4.79 Å². The third-order valence-electron chi connectivity index (χ3n) is 2.80. The van der Waals surface area contributed by atoms with Crippen molar-refractivity contribution in [2.24, 2.45) is 0 Å². The zero-order valence-electron chi connectivity index (χ0n) is 11.4. The summed E-state index contributed by atoms with van der Waals surface area (Å²) in [5.41, 5.74) is 0.878. The number of carbonyl (C=O) groups is 1. The van der Waals surface area contributed by atoms with Gasteiger partial charge in [0.15, 0.2) is 0 Å². The van der Waals surface area contributed by atoms with Gasteiger partial charge in [0.25, 0.3) is 0 Å². The lowest BCUT2D eigenvalue weighted by Gasteiger charge is -2.13. The Kier molecular flexibility index (Phi) is 5.16. The van der Waals surface area contributed by atoms with E-state index in [1.54, 1.807) is 29.6 Å². The Morgan fingerprint density at radius 3 is 3.00 bits per heavy atom. The zero-order chi connectivity index (χ0) is 14.2. The highest BCUT2D eigenvalue weighted by atomic mass is 16.1. The summed E-state index contributed by atoms with van der Waals surface area (Å²) >= 11 is 0. The van der Waals surface area contributed by atoms with E-state index < -0.39 is 0 Å². The summed E-state index contributed by atoms with van der Waals surface area (Å²) in [5, 5.41) is 6.94. The van der Waals surface area contributed by atoms with E-state index in [1.807, 2.05) is 6.92 Å². The lowest BCUT2D eigenvalue weighted by molar-refractivity contribution is -0.121. The van der Waals surface area contributed by atoms with Gasteiger partial charge in [-0.25, -0.2) is 4.98 Å². The lowest BCUT2D eigenvalue weighted by Crippen LogP contribution is -2.34. The van der Waals surface area contributed by atoms with Crippen LogP contribution in [0.5, 0.6) is 0 Å². The van der Waals surface area contributed by atoms with Gasteiger partial charge in [-0.1, -0.05) is 0 Å². The van der Waals surface area contributed by atoms with E-state index in [2.05, 4.69) is 25.4 Å². The molecule has 2 aromatic rings. The second-order valence-corrected chi connectivity index (χ2v) is 4.63. The molecule has 2 heterocycles. The monoisotopic (exact) mass is 274 g/mol. The number of nitrogens with zero attached hydrogens (tertiary/aromatic N) is 5. The minimum Gasteiger partial charge on any atom is -0.353 e. The van der Waals surface area contributed by atoms with Crippen molar-refractivity contribution in [3.05, 3.63) is 36.9 Å². The maximum atomic E-state index is 11.8. The van der Waals surface area contributed by atoms with E-state index in [9.17, 15) is 4.79 Å². The van der Waals surface area contributed by atoms with Crippen LogP contribution in [0.25, 0.3) is 0 Å². The minimum absolute atomic E-state index is 0.0431. The van der Waals surface area contributed by atoms with E-state index in [0.29, 0.717) is 19.4 Å². The fourth-order valence-electron chi connectivity index (χ4n) is 1.90. The molecule has 0 fully saturated rings. The van der Waals surface area contributed by atoms with Crippen molar-refractivity contribution >= 4 is 5.91 Å². The van der Waals surface area contributed by atoms with E-state index in [4.69, 9.17) is 0 Å². The SMILES string of the molecule is CC(Cc1cnccn1)NC(=O)CCCn1cncn1. The van der Waals surface area contributed by atoms with Gasteiger partial charge in [0.1, 0.15) is 12.7 Å². The molecule has 0 aliphatic rings. The molecule has 1 unspecified atom stereocenters. The molecule has 1 N–H and O–H groups in total. The van der Waals surface area contributed by atoms with Gasteiger partial charge in [-0.2, -0.15) is 5.10 Å². The van der Waals surface area contributed by atoms with Gasteiger partial charge in [0.05, 0.1) is 5.69 Å². The number of aromatic nitrogens is 5. The molecular formula is C13H18N6O. The van der Waals surface area contributed by atoms with Crippen LogP contribution in [0.4, 0.5) is 0 Å². The molecule has 2 aromatic heterocycles. The fourth-order valence-corrected chi connectivity index (χ4v) is 1.90. The van der Waals surface area contributed by atoms with Crippen LogP contribution >= 0.6 is 0 Å². The highest BCUT2D eigenvalue weighted by molar-refractivity contribution is 5.76. The predicted molar refractivity (Wildman–Crippen MR) is 72.6 cm³/mol. The van der Waals surface area contributed by atoms with Gasteiger partial charge in [-0.05, 0) is 13.3 Å². The number of hydrogen-bond donors (Lipinski definition) is 1. The molecule has 7 nitrogen and oxygen atoms in total. The topological polar surface area (TPSA) is 85.6 Å². The van der Waals surface area contributed by atoms with Crippen LogP contribution in [-0.4, -0.2) is 36.7 Å². The number of hydrogen-bond acceptors (Lipinski definition) is 5. The van der Waals surface area contributed by atoms with Crippen molar-refractivity contribution in [2.45, 2.75) is 38.8 Å². The van der Waals surface area contributed by atoms with Crippen LogP contribution in [0.2, 0.25) is 0 Å².